The normalized spacial score (nSPS) is 11.8. The van der Waals surface area contributed by atoms with Crippen molar-refractivity contribution in [1.29, 1.82) is 0 Å². The van der Waals surface area contributed by atoms with Gasteiger partial charge in [-0.05, 0) is 181 Å². The summed E-state index contributed by atoms with van der Waals surface area (Å²) >= 11 is 20.0. The highest BCUT2D eigenvalue weighted by atomic mass is 32.1. The Morgan fingerprint density at radius 2 is 0.367 bits per heavy atom. The summed E-state index contributed by atoms with van der Waals surface area (Å²) in [6.45, 7) is 9.28. The lowest BCUT2D eigenvalue weighted by Gasteiger charge is -2.04. The van der Waals surface area contributed by atoms with Crippen molar-refractivity contribution in [1.82, 2.24) is 0 Å². The van der Waals surface area contributed by atoms with Gasteiger partial charge in [-0.3, -0.25) is 0 Å². The quantitative estimate of drug-likeness (QED) is 0.0333. The first kappa shape index (κ1) is 77.6. The molecular formula is C88H118S10. The van der Waals surface area contributed by atoms with Crippen LogP contribution in [0.15, 0.2) is 108 Å². The molecule has 0 spiro atoms. The number of hydrogen-bond donors (Lipinski definition) is 0. The van der Waals surface area contributed by atoms with Crippen LogP contribution < -0.4 is 0 Å². The largest absolute Gasteiger partial charge is 0.143 e. The molecule has 10 heteroatoms. The van der Waals surface area contributed by atoms with Gasteiger partial charge in [-0.1, -0.05) is 259 Å². The van der Waals surface area contributed by atoms with E-state index in [4.69, 9.17) is 0 Å². The highest BCUT2D eigenvalue weighted by Crippen LogP contribution is 2.52. The minimum atomic E-state index is 1.16. The third-order valence-electron chi connectivity index (χ3n) is 20.1. The Hall–Kier alpha value is -3.00. The number of thiophene rings is 10. The van der Waals surface area contributed by atoms with Crippen molar-refractivity contribution in [2.75, 3.05) is 0 Å². The van der Waals surface area contributed by atoms with E-state index < -0.39 is 0 Å². The summed E-state index contributed by atoms with van der Waals surface area (Å²) in [5, 5.41) is 4.65. The average Bonchev–Trinajstić information content (AvgIpc) is 1.64. The molecule has 0 saturated carbocycles. The molecule has 0 amide bonds. The molecule has 0 radical (unpaired) electrons. The van der Waals surface area contributed by atoms with Gasteiger partial charge in [-0.25, -0.2) is 0 Å². The van der Waals surface area contributed by atoms with E-state index in [-0.39, 0.29) is 0 Å². The highest BCUT2D eigenvalue weighted by Gasteiger charge is 2.22. The van der Waals surface area contributed by atoms with Gasteiger partial charge in [0, 0.05) is 87.8 Å². The van der Waals surface area contributed by atoms with Crippen LogP contribution in [0, 0.1) is 0 Å². The van der Waals surface area contributed by atoms with Crippen molar-refractivity contribution < 1.29 is 0 Å². The predicted octanol–water partition coefficient (Wildman–Crippen LogP) is 35.2. The Bertz CT molecular complexity index is 3480. The SMILES string of the molecule is CCCCCCCCCCCCc1ccsc1-c1ccc(-c2ccc(-c3ccc(-c4sc(-c5cc(CCCCCCCCCCCC)c(-c6ccc(-c7ccc(-c8ccc(-c9sccc9CCCCCCCCCCCC)s8)s7)s6)s5)cc4CCCCCCCCCCCC)s3)s2)s1. The van der Waals surface area contributed by atoms with Crippen molar-refractivity contribution in [2.24, 2.45) is 0 Å². The average molecular weight is 1500 g/mol. The Morgan fingerprint density at radius 3 is 0.612 bits per heavy atom. The standard InChI is InChI=1S/C88H118S10/c1-5-9-13-17-21-25-29-33-37-41-45-67-61-63-89-85(67)79-57-53-75(93-79)71-49-51-73(91-71)77-55-59-81(95-77)87-69(47-43-39-35-31-27-23-19-15-11-7-3)65-83(97-87)84-66-70(48-44-40-36-32-28-24-20-16-12-8-4)88(98-84)82-60-56-78(96-82)74-52-50-72(92-74)76-54-58-80(94-76)86-68(62-64-90-86)46-42-38-34-30-26-22-18-14-10-6-2/h49-66H,5-48H2,1-4H3. The molecule has 0 saturated heterocycles. The first-order chi connectivity index (χ1) is 48.5. The number of aryl methyl sites for hydroxylation is 4. The molecule has 0 atom stereocenters. The van der Waals surface area contributed by atoms with E-state index in [1.54, 1.807) is 22.3 Å². The van der Waals surface area contributed by atoms with Crippen LogP contribution in [0.4, 0.5) is 0 Å². The molecule has 0 aliphatic rings. The topological polar surface area (TPSA) is 0 Å². The van der Waals surface area contributed by atoms with Crippen molar-refractivity contribution in [3.05, 3.63) is 130 Å². The Morgan fingerprint density at radius 1 is 0.173 bits per heavy atom. The summed E-state index contributed by atoms with van der Waals surface area (Å²) < 4.78 is 0. The lowest BCUT2D eigenvalue weighted by Crippen LogP contribution is -1.87. The second kappa shape index (κ2) is 44.6. The van der Waals surface area contributed by atoms with E-state index in [0.29, 0.717) is 0 Å². The van der Waals surface area contributed by atoms with Crippen LogP contribution in [0.5, 0.6) is 0 Å². The Labute approximate surface area is 635 Å². The maximum Gasteiger partial charge on any atom is 0.0481 e. The fraction of sp³-hybridized carbons (Fsp3) is 0.545. The van der Waals surface area contributed by atoms with Crippen molar-refractivity contribution >= 4 is 113 Å². The second-order valence-corrected chi connectivity index (χ2v) is 38.6. The fourth-order valence-corrected chi connectivity index (χ4v) is 25.6. The lowest BCUT2D eigenvalue weighted by molar-refractivity contribution is 0.556. The van der Waals surface area contributed by atoms with Crippen LogP contribution in [0.2, 0.25) is 0 Å². The maximum absolute atomic E-state index is 2.64. The maximum atomic E-state index is 2.64. The lowest BCUT2D eigenvalue weighted by atomic mass is 10.0. The molecule has 10 aromatic rings. The van der Waals surface area contributed by atoms with Crippen molar-refractivity contribution in [2.45, 2.75) is 310 Å². The highest BCUT2D eigenvalue weighted by molar-refractivity contribution is 7.32. The summed E-state index contributed by atoms with van der Waals surface area (Å²) in [4.78, 5) is 25.8. The second-order valence-electron chi connectivity index (χ2n) is 28.2. The fourth-order valence-electron chi connectivity index (χ4n) is 14.2. The Kier molecular flexibility index (Phi) is 35.3. The van der Waals surface area contributed by atoms with Gasteiger partial charge in [0.2, 0.25) is 0 Å². The van der Waals surface area contributed by atoms with E-state index in [9.17, 15) is 0 Å². The van der Waals surface area contributed by atoms with Crippen molar-refractivity contribution in [3.8, 4) is 87.8 Å². The summed E-state index contributed by atoms with van der Waals surface area (Å²) in [5.41, 5.74) is 6.23. The summed E-state index contributed by atoms with van der Waals surface area (Å²) in [6.07, 6.45) is 59.9. The molecule has 0 aliphatic heterocycles. The minimum Gasteiger partial charge on any atom is -0.143 e. The van der Waals surface area contributed by atoms with Crippen LogP contribution in [-0.4, -0.2) is 0 Å². The van der Waals surface area contributed by atoms with E-state index >= 15 is 0 Å². The third kappa shape index (κ3) is 24.6. The third-order valence-corrected chi connectivity index (χ3v) is 32.5. The van der Waals surface area contributed by atoms with Gasteiger partial charge in [-0.2, -0.15) is 0 Å². The zero-order valence-corrected chi connectivity index (χ0v) is 68.8. The van der Waals surface area contributed by atoms with Gasteiger partial charge in [0.05, 0.1) is 0 Å². The van der Waals surface area contributed by atoms with E-state index in [2.05, 4.69) is 158 Å². The summed E-state index contributed by atoms with van der Waals surface area (Å²) in [5.74, 6) is 0. The van der Waals surface area contributed by atoms with Crippen LogP contribution in [-0.2, 0) is 25.7 Å². The van der Waals surface area contributed by atoms with Gasteiger partial charge in [0.1, 0.15) is 0 Å². The molecule has 0 bridgehead atoms. The summed E-state index contributed by atoms with van der Waals surface area (Å²) in [7, 11) is 0. The van der Waals surface area contributed by atoms with E-state index in [1.165, 1.54) is 357 Å². The number of rotatable bonds is 53. The van der Waals surface area contributed by atoms with Gasteiger partial charge < -0.3 is 0 Å². The molecular weight excluding hydrogens is 1380 g/mol. The monoisotopic (exact) mass is 1490 g/mol. The van der Waals surface area contributed by atoms with Crippen LogP contribution >= 0.6 is 113 Å². The molecule has 0 N–H and O–H groups in total. The van der Waals surface area contributed by atoms with Crippen molar-refractivity contribution in [3.63, 3.8) is 0 Å². The van der Waals surface area contributed by atoms with Gasteiger partial charge in [0.25, 0.3) is 0 Å². The molecule has 0 aromatic carbocycles. The number of hydrogen-bond acceptors (Lipinski definition) is 10. The van der Waals surface area contributed by atoms with E-state index in [1.807, 2.05) is 90.7 Å². The smallest absolute Gasteiger partial charge is 0.0481 e. The molecule has 0 nitrogen and oxygen atoms in total. The predicted molar refractivity (Wildman–Crippen MR) is 456 cm³/mol. The number of unbranched alkanes of at least 4 members (excludes halogenated alkanes) is 36. The Balaban J connectivity index is 0.827. The van der Waals surface area contributed by atoms with Gasteiger partial charge in [0.15, 0.2) is 0 Å². The van der Waals surface area contributed by atoms with Gasteiger partial charge >= 0.3 is 0 Å². The van der Waals surface area contributed by atoms with Gasteiger partial charge in [-0.15, -0.1) is 113 Å². The van der Waals surface area contributed by atoms with Crippen LogP contribution in [0.3, 0.4) is 0 Å². The van der Waals surface area contributed by atoms with E-state index in [0.717, 1.165) is 12.8 Å². The molecule has 0 fully saturated rings. The zero-order chi connectivity index (χ0) is 67.6. The minimum absolute atomic E-state index is 1.16. The molecule has 10 rings (SSSR count). The zero-order valence-electron chi connectivity index (χ0n) is 60.6. The first-order valence-electron chi connectivity index (χ1n) is 39.5. The first-order valence-corrected chi connectivity index (χ1v) is 47.8. The summed E-state index contributed by atoms with van der Waals surface area (Å²) in [6, 6.07) is 39.0. The molecule has 10 aromatic heterocycles. The molecule has 98 heavy (non-hydrogen) atoms. The molecule has 10 heterocycles. The van der Waals surface area contributed by atoms with Crippen LogP contribution in [0.1, 0.15) is 307 Å². The van der Waals surface area contributed by atoms with Crippen LogP contribution in [0.25, 0.3) is 87.8 Å². The molecule has 0 unspecified atom stereocenters. The molecule has 530 valence electrons. The molecule has 0 aliphatic carbocycles.